The summed E-state index contributed by atoms with van der Waals surface area (Å²) in [6.45, 7) is 12.2. The van der Waals surface area contributed by atoms with Crippen LogP contribution in [0.3, 0.4) is 0 Å². The van der Waals surface area contributed by atoms with Crippen molar-refractivity contribution in [3.05, 3.63) is 0 Å². The van der Waals surface area contributed by atoms with Gasteiger partial charge in [-0.3, -0.25) is 9.59 Å². The molecule has 1 aliphatic heterocycles. The van der Waals surface area contributed by atoms with Gasteiger partial charge in [-0.15, -0.1) is 0 Å². The molecule has 1 heterocycles. The number of aliphatic carboxylic acids is 1. The molecule has 5 heteroatoms. The maximum Gasteiger partial charge on any atom is 0.320 e. The summed E-state index contributed by atoms with van der Waals surface area (Å²) in [6.07, 6.45) is 6.11. The lowest BCUT2D eigenvalue weighted by atomic mass is 9.66. The van der Waals surface area contributed by atoms with Crippen LogP contribution in [-0.4, -0.2) is 40.5 Å². The van der Waals surface area contributed by atoms with Gasteiger partial charge in [0.1, 0.15) is 6.04 Å². The summed E-state index contributed by atoms with van der Waals surface area (Å²) in [5.74, 6) is -0.716. The van der Waals surface area contributed by atoms with Gasteiger partial charge in [0.25, 0.3) is 0 Å². The molecule has 3 N–H and O–H groups in total. The molecule has 1 amide bonds. The van der Waals surface area contributed by atoms with Crippen molar-refractivity contribution < 1.29 is 14.7 Å². The highest BCUT2D eigenvalue weighted by atomic mass is 16.4. The van der Waals surface area contributed by atoms with Gasteiger partial charge in [-0.1, -0.05) is 41.0 Å². The Bertz CT molecular complexity index is 440. The number of carbonyl (C=O) groups is 2. The highest BCUT2D eigenvalue weighted by Gasteiger charge is 2.36. The third-order valence-corrected chi connectivity index (χ3v) is 6.02. The third-order valence-electron chi connectivity index (χ3n) is 6.02. The topological polar surface area (TPSA) is 83.6 Å². The highest BCUT2D eigenvalue weighted by molar-refractivity contribution is 5.83. The second kappa shape index (κ2) is 8.32. The van der Waals surface area contributed by atoms with Crippen molar-refractivity contribution in [2.45, 2.75) is 91.6 Å². The number of β-lactam (4-membered cyclic amide) rings is 1. The maximum absolute atomic E-state index is 11.8. The summed E-state index contributed by atoms with van der Waals surface area (Å²) < 4.78 is 0. The molecule has 0 aromatic carbocycles. The minimum Gasteiger partial charge on any atom is -0.480 e. The molecule has 1 aliphatic rings. The van der Waals surface area contributed by atoms with Crippen LogP contribution >= 0.6 is 0 Å². The van der Waals surface area contributed by atoms with E-state index >= 15 is 0 Å². The minimum atomic E-state index is -0.950. The number of nitrogens with two attached hydrogens (primary N) is 1. The molecular weight excluding hydrogens is 304 g/mol. The van der Waals surface area contributed by atoms with Crippen molar-refractivity contribution in [2.24, 2.45) is 16.6 Å². The fourth-order valence-corrected chi connectivity index (χ4v) is 3.01. The molecule has 5 nitrogen and oxygen atoms in total. The molecule has 2 atom stereocenters. The standard InChI is InChI=1S/C19H36N2O3/c1-18(2,3)19(4,5)11-8-9-14-13-16(22)21(14)12-7-6-10-15(20)17(23)24/h14-15H,6-13,20H2,1-5H3,(H,23,24). The number of carbonyl (C=O) groups excluding carboxylic acids is 1. The van der Waals surface area contributed by atoms with E-state index < -0.39 is 12.0 Å². The molecule has 1 saturated heterocycles. The first-order valence-electron chi connectivity index (χ1n) is 9.23. The van der Waals surface area contributed by atoms with Gasteiger partial charge in [-0.2, -0.15) is 0 Å². The maximum atomic E-state index is 11.8. The van der Waals surface area contributed by atoms with Crippen LogP contribution < -0.4 is 5.73 Å². The van der Waals surface area contributed by atoms with E-state index in [0.29, 0.717) is 24.3 Å². The number of amides is 1. The quantitative estimate of drug-likeness (QED) is 0.471. The highest BCUT2D eigenvalue weighted by Crippen LogP contribution is 2.42. The largest absolute Gasteiger partial charge is 0.480 e. The zero-order chi connectivity index (χ0) is 18.5. The van der Waals surface area contributed by atoms with Crippen molar-refractivity contribution in [1.29, 1.82) is 0 Å². The lowest BCUT2D eigenvalue weighted by molar-refractivity contribution is -0.146. The summed E-state index contributed by atoms with van der Waals surface area (Å²) >= 11 is 0. The van der Waals surface area contributed by atoms with Crippen molar-refractivity contribution in [3.63, 3.8) is 0 Å². The molecule has 0 radical (unpaired) electrons. The van der Waals surface area contributed by atoms with Gasteiger partial charge in [0.05, 0.1) is 0 Å². The first-order valence-corrected chi connectivity index (χ1v) is 9.23. The van der Waals surface area contributed by atoms with E-state index in [1.54, 1.807) is 0 Å². The van der Waals surface area contributed by atoms with E-state index in [1.165, 1.54) is 6.42 Å². The number of unbranched alkanes of at least 4 members (excludes halogenated alkanes) is 1. The zero-order valence-corrected chi connectivity index (χ0v) is 16.1. The molecule has 0 bridgehead atoms. The van der Waals surface area contributed by atoms with Crippen LogP contribution in [0.1, 0.15) is 79.6 Å². The number of rotatable bonds is 10. The second-order valence-electron chi connectivity index (χ2n) is 8.91. The van der Waals surface area contributed by atoms with Crippen LogP contribution in [0.25, 0.3) is 0 Å². The van der Waals surface area contributed by atoms with Gasteiger partial charge in [0.15, 0.2) is 0 Å². The molecule has 0 aromatic rings. The fraction of sp³-hybridized carbons (Fsp3) is 0.895. The zero-order valence-electron chi connectivity index (χ0n) is 16.1. The Hall–Kier alpha value is -1.10. The predicted octanol–water partition coefficient (Wildman–Crippen LogP) is 3.41. The summed E-state index contributed by atoms with van der Waals surface area (Å²) in [6, 6.07) is -0.408. The van der Waals surface area contributed by atoms with Crippen molar-refractivity contribution in [1.82, 2.24) is 4.90 Å². The smallest absolute Gasteiger partial charge is 0.320 e. The van der Waals surface area contributed by atoms with E-state index in [-0.39, 0.29) is 11.3 Å². The normalized spacial score (nSPS) is 20.0. The molecule has 1 rings (SSSR count). The Labute approximate surface area is 147 Å². The number of likely N-dealkylation sites (tertiary alicyclic amines) is 1. The molecule has 0 aromatic heterocycles. The predicted molar refractivity (Wildman–Crippen MR) is 96.7 cm³/mol. The molecule has 0 aliphatic carbocycles. The van der Waals surface area contributed by atoms with Gasteiger partial charge in [0.2, 0.25) is 5.91 Å². The summed E-state index contributed by atoms with van der Waals surface area (Å²) in [4.78, 5) is 24.5. The average Bonchev–Trinajstić information content (AvgIpc) is 2.44. The molecule has 140 valence electrons. The number of hydrogen-bond acceptors (Lipinski definition) is 3. The van der Waals surface area contributed by atoms with Gasteiger partial charge in [-0.25, -0.2) is 0 Å². The van der Waals surface area contributed by atoms with Crippen LogP contribution in [0.5, 0.6) is 0 Å². The van der Waals surface area contributed by atoms with Crippen LogP contribution in [-0.2, 0) is 9.59 Å². The lowest BCUT2D eigenvalue weighted by Gasteiger charge is -2.43. The van der Waals surface area contributed by atoms with Gasteiger partial charge < -0.3 is 15.7 Å². The lowest BCUT2D eigenvalue weighted by Crippen LogP contribution is -2.52. The van der Waals surface area contributed by atoms with E-state index in [1.807, 2.05) is 4.90 Å². The summed E-state index contributed by atoms with van der Waals surface area (Å²) in [7, 11) is 0. The summed E-state index contributed by atoms with van der Waals surface area (Å²) in [5.41, 5.74) is 6.07. The second-order valence-corrected chi connectivity index (χ2v) is 8.91. The van der Waals surface area contributed by atoms with E-state index in [4.69, 9.17) is 10.8 Å². The Morgan fingerprint density at radius 2 is 1.88 bits per heavy atom. The van der Waals surface area contributed by atoms with Crippen molar-refractivity contribution in [2.75, 3.05) is 6.54 Å². The molecule has 0 saturated carbocycles. The van der Waals surface area contributed by atoms with Crippen LogP contribution in [0.2, 0.25) is 0 Å². The molecule has 24 heavy (non-hydrogen) atoms. The van der Waals surface area contributed by atoms with Crippen LogP contribution in [0.4, 0.5) is 0 Å². The Morgan fingerprint density at radius 3 is 2.38 bits per heavy atom. The first-order chi connectivity index (χ1) is 11.0. The number of nitrogens with zero attached hydrogens (tertiary/aromatic N) is 1. The Morgan fingerprint density at radius 1 is 1.25 bits per heavy atom. The number of carboxylic acid groups (broad SMARTS) is 1. The number of hydrogen-bond donors (Lipinski definition) is 2. The Balaban J connectivity index is 2.28. The van der Waals surface area contributed by atoms with E-state index in [9.17, 15) is 9.59 Å². The Kier molecular flexibility index (Phi) is 7.26. The van der Waals surface area contributed by atoms with E-state index in [2.05, 4.69) is 34.6 Å². The molecular formula is C19H36N2O3. The third kappa shape index (κ3) is 5.76. The fourth-order valence-electron chi connectivity index (χ4n) is 3.01. The van der Waals surface area contributed by atoms with Crippen molar-refractivity contribution >= 4 is 11.9 Å². The molecule has 2 unspecified atom stereocenters. The van der Waals surface area contributed by atoms with Gasteiger partial charge in [-0.05, 0) is 42.9 Å². The average molecular weight is 341 g/mol. The van der Waals surface area contributed by atoms with Crippen molar-refractivity contribution in [3.8, 4) is 0 Å². The number of carboxylic acids is 1. The molecule has 1 fully saturated rings. The van der Waals surface area contributed by atoms with Gasteiger partial charge in [0, 0.05) is 19.0 Å². The van der Waals surface area contributed by atoms with Gasteiger partial charge >= 0.3 is 5.97 Å². The minimum absolute atomic E-state index is 0.234. The van der Waals surface area contributed by atoms with Crippen LogP contribution in [0, 0.1) is 10.8 Å². The molecule has 0 spiro atoms. The summed E-state index contributed by atoms with van der Waals surface area (Å²) in [5, 5.41) is 8.76. The SMILES string of the molecule is CC(C)(C)C(C)(C)CCCC1CC(=O)N1CCCCC(N)C(=O)O. The van der Waals surface area contributed by atoms with Crippen LogP contribution in [0.15, 0.2) is 0 Å². The monoisotopic (exact) mass is 340 g/mol. The first kappa shape index (κ1) is 20.9. The van der Waals surface area contributed by atoms with E-state index in [0.717, 1.165) is 32.2 Å².